The SMILES string of the molecule is O=C(COc1ccc(F)cc1)N1CCN(C(=O)C2CCCO2)CC1. The first-order valence-electron chi connectivity index (χ1n) is 8.20. The Hall–Kier alpha value is -2.15. The molecule has 0 bridgehead atoms. The topological polar surface area (TPSA) is 59.1 Å². The van der Waals surface area contributed by atoms with Gasteiger partial charge in [0.1, 0.15) is 17.7 Å². The number of piperazine rings is 1. The van der Waals surface area contributed by atoms with Crippen LogP contribution in [0.1, 0.15) is 12.8 Å². The summed E-state index contributed by atoms with van der Waals surface area (Å²) in [6.07, 6.45) is 1.40. The number of carbonyl (C=O) groups is 2. The van der Waals surface area contributed by atoms with Crippen LogP contribution in [-0.4, -0.2) is 67.1 Å². The zero-order valence-electron chi connectivity index (χ0n) is 13.4. The van der Waals surface area contributed by atoms with E-state index in [1.165, 1.54) is 24.3 Å². The lowest BCUT2D eigenvalue weighted by molar-refractivity contribution is -0.146. The highest BCUT2D eigenvalue weighted by atomic mass is 19.1. The van der Waals surface area contributed by atoms with E-state index in [0.29, 0.717) is 38.5 Å². The molecule has 2 aliphatic rings. The predicted octanol–water partition coefficient (Wildman–Crippen LogP) is 1.05. The summed E-state index contributed by atoms with van der Waals surface area (Å²) in [6.45, 7) is 2.57. The van der Waals surface area contributed by atoms with Gasteiger partial charge in [0.25, 0.3) is 11.8 Å². The normalized spacial score (nSPS) is 21.0. The van der Waals surface area contributed by atoms with Crippen LogP contribution in [0.4, 0.5) is 4.39 Å². The van der Waals surface area contributed by atoms with Crippen molar-refractivity contribution in [2.24, 2.45) is 0 Å². The number of halogens is 1. The summed E-state index contributed by atoms with van der Waals surface area (Å²) in [4.78, 5) is 27.9. The molecule has 0 radical (unpaired) electrons. The summed E-state index contributed by atoms with van der Waals surface area (Å²) in [5, 5.41) is 0. The molecular weight excluding hydrogens is 315 g/mol. The van der Waals surface area contributed by atoms with E-state index in [4.69, 9.17) is 9.47 Å². The third-order valence-corrected chi connectivity index (χ3v) is 4.33. The van der Waals surface area contributed by atoms with Gasteiger partial charge in [0.2, 0.25) is 0 Å². The van der Waals surface area contributed by atoms with E-state index in [1.807, 2.05) is 0 Å². The predicted molar refractivity (Wildman–Crippen MR) is 84.0 cm³/mol. The number of nitrogens with zero attached hydrogens (tertiary/aromatic N) is 2. The second kappa shape index (κ2) is 7.61. The van der Waals surface area contributed by atoms with Crippen molar-refractivity contribution in [1.82, 2.24) is 9.80 Å². The van der Waals surface area contributed by atoms with Gasteiger partial charge in [-0.15, -0.1) is 0 Å². The van der Waals surface area contributed by atoms with Crippen molar-refractivity contribution in [3.63, 3.8) is 0 Å². The van der Waals surface area contributed by atoms with Crippen molar-refractivity contribution in [2.45, 2.75) is 18.9 Å². The molecule has 1 aromatic rings. The quantitative estimate of drug-likeness (QED) is 0.825. The Kier molecular flexibility index (Phi) is 5.30. The highest BCUT2D eigenvalue weighted by Gasteiger charge is 2.31. The van der Waals surface area contributed by atoms with Crippen LogP contribution in [0.15, 0.2) is 24.3 Å². The Morgan fingerprint density at radius 3 is 2.42 bits per heavy atom. The van der Waals surface area contributed by atoms with Gasteiger partial charge in [0, 0.05) is 32.8 Å². The zero-order valence-corrected chi connectivity index (χ0v) is 13.4. The lowest BCUT2D eigenvalue weighted by atomic mass is 10.2. The van der Waals surface area contributed by atoms with Crippen molar-refractivity contribution < 1.29 is 23.5 Å². The Morgan fingerprint density at radius 2 is 1.79 bits per heavy atom. The molecule has 0 spiro atoms. The number of hydrogen-bond donors (Lipinski definition) is 0. The molecule has 3 rings (SSSR count). The summed E-state index contributed by atoms with van der Waals surface area (Å²) >= 11 is 0. The maximum Gasteiger partial charge on any atom is 0.260 e. The molecular formula is C17H21FN2O4. The third-order valence-electron chi connectivity index (χ3n) is 4.33. The van der Waals surface area contributed by atoms with Crippen molar-refractivity contribution in [2.75, 3.05) is 39.4 Å². The highest BCUT2D eigenvalue weighted by Crippen LogP contribution is 2.16. The van der Waals surface area contributed by atoms with Gasteiger partial charge in [-0.1, -0.05) is 0 Å². The number of benzene rings is 1. The lowest BCUT2D eigenvalue weighted by Crippen LogP contribution is -2.53. The van der Waals surface area contributed by atoms with E-state index >= 15 is 0 Å². The molecule has 6 nitrogen and oxygen atoms in total. The number of hydrogen-bond acceptors (Lipinski definition) is 4. The summed E-state index contributed by atoms with van der Waals surface area (Å²) in [6, 6.07) is 5.55. The van der Waals surface area contributed by atoms with Crippen LogP contribution in [-0.2, 0) is 14.3 Å². The van der Waals surface area contributed by atoms with E-state index in [0.717, 1.165) is 12.8 Å². The van der Waals surface area contributed by atoms with Crippen LogP contribution in [0.5, 0.6) is 5.75 Å². The number of rotatable bonds is 4. The smallest absolute Gasteiger partial charge is 0.260 e. The second-order valence-electron chi connectivity index (χ2n) is 5.95. The molecule has 0 N–H and O–H groups in total. The molecule has 2 fully saturated rings. The van der Waals surface area contributed by atoms with Gasteiger partial charge in [0.05, 0.1) is 0 Å². The minimum Gasteiger partial charge on any atom is -0.484 e. The van der Waals surface area contributed by atoms with Gasteiger partial charge < -0.3 is 19.3 Å². The monoisotopic (exact) mass is 336 g/mol. The van der Waals surface area contributed by atoms with Gasteiger partial charge in [-0.3, -0.25) is 9.59 Å². The molecule has 0 aliphatic carbocycles. The fourth-order valence-corrected chi connectivity index (χ4v) is 2.92. The average Bonchev–Trinajstić information content (AvgIpc) is 3.15. The van der Waals surface area contributed by atoms with Gasteiger partial charge in [-0.05, 0) is 37.1 Å². The fraction of sp³-hybridized carbons (Fsp3) is 0.529. The Morgan fingerprint density at radius 1 is 1.12 bits per heavy atom. The van der Waals surface area contributed by atoms with Crippen LogP contribution in [0, 0.1) is 5.82 Å². The molecule has 1 unspecified atom stereocenters. The first-order valence-corrected chi connectivity index (χ1v) is 8.20. The minimum atomic E-state index is -0.347. The number of carbonyl (C=O) groups excluding carboxylic acids is 2. The summed E-state index contributed by atoms with van der Waals surface area (Å²) < 4.78 is 23.6. The first-order chi connectivity index (χ1) is 11.6. The molecule has 2 amide bonds. The van der Waals surface area contributed by atoms with E-state index < -0.39 is 0 Å². The molecule has 1 aromatic carbocycles. The molecule has 1 atom stereocenters. The summed E-state index contributed by atoms with van der Waals surface area (Å²) in [5.74, 6) is 0.00311. The zero-order chi connectivity index (χ0) is 16.9. The van der Waals surface area contributed by atoms with Gasteiger partial charge >= 0.3 is 0 Å². The molecule has 0 aromatic heterocycles. The average molecular weight is 336 g/mol. The van der Waals surface area contributed by atoms with Crippen molar-refractivity contribution in [3.05, 3.63) is 30.1 Å². The Bertz CT molecular complexity index is 579. The summed E-state index contributed by atoms with van der Waals surface area (Å²) in [7, 11) is 0. The van der Waals surface area contributed by atoms with Gasteiger partial charge in [-0.25, -0.2) is 4.39 Å². The van der Waals surface area contributed by atoms with E-state index in [9.17, 15) is 14.0 Å². The molecule has 2 heterocycles. The largest absolute Gasteiger partial charge is 0.484 e. The lowest BCUT2D eigenvalue weighted by Gasteiger charge is -2.35. The molecule has 0 saturated carbocycles. The summed E-state index contributed by atoms with van der Waals surface area (Å²) in [5.41, 5.74) is 0. The second-order valence-corrected chi connectivity index (χ2v) is 5.95. The van der Waals surface area contributed by atoms with Gasteiger partial charge in [0.15, 0.2) is 6.61 Å². The van der Waals surface area contributed by atoms with Crippen LogP contribution < -0.4 is 4.74 Å². The standard InChI is InChI=1S/C17H21FN2O4/c18-13-3-5-14(6-4-13)24-12-16(21)19-7-9-20(10-8-19)17(22)15-2-1-11-23-15/h3-6,15H,1-2,7-12H2. The van der Waals surface area contributed by atoms with Crippen LogP contribution in [0.2, 0.25) is 0 Å². The highest BCUT2D eigenvalue weighted by molar-refractivity contribution is 5.82. The minimum absolute atomic E-state index is 0.0298. The van der Waals surface area contributed by atoms with Crippen LogP contribution in [0.3, 0.4) is 0 Å². The van der Waals surface area contributed by atoms with Gasteiger partial charge in [-0.2, -0.15) is 0 Å². The van der Waals surface area contributed by atoms with Crippen LogP contribution >= 0.6 is 0 Å². The van der Waals surface area contributed by atoms with E-state index in [2.05, 4.69) is 0 Å². The molecule has 7 heteroatoms. The molecule has 130 valence electrons. The number of ether oxygens (including phenoxy) is 2. The van der Waals surface area contributed by atoms with E-state index in [1.54, 1.807) is 9.80 Å². The molecule has 2 aliphatic heterocycles. The van der Waals surface area contributed by atoms with Crippen molar-refractivity contribution in [1.29, 1.82) is 0 Å². The maximum absolute atomic E-state index is 12.8. The third kappa shape index (κ3) is 4.03. The molecule has 24 heavy (non-hydrogen) atoms. The molecule has 2 saturated heterocycles. The number of amides is 2. The van der Waals surface area contributed by atoms with Crippen molar-refractivity contribution >= 4 is 11.8 Å². The first kappa shape index (κ1) is 16.7. The maximum atomic E-state index is 12.8. The Labute approximate surface area is 140 Å². The van der Waals surface area contributed by atoms with Crippen LogP contribution in [0.25, 0.3) is 0 Å². The fourth-order valence-electron chi connectivity index (χ4n) is 2.92. The van der Waals surface area contributed by atoms with E-state index in [-0.39, 0.29) is 30.3 Å². The Balaban J connectivity index is 1.43. The van der Waals surface area contributed by atoms with Crippen molar-refractivity contribution in [3.8, 4) is 5.75 Å².